The third-order valence-electron chi connectivity index (χ3n) is 10.4. The number of methoxy groups -OCH3 is 1. The number of carbonyl (C=O) groups excluding carboxylic acids is 1. The van der Waals surface area contributed by atoms with Crippen LogP contribution in [-0.4, -0.2) is 90.0 Å². The third kappa shape index (κ3) is 5.93. The largest absolute Gasteiger partial charge is 0.461 e. The quantitative estimate of drug-likeness (QED) is 0.160. The Kier molecular flexibility index (Phi) is 8.88. The van der Waals surface area contributed by atoms with Crippen molar-refractivity contribution in [1.29, 1.82) is 0 Å². The van der Waals surface area contributed by atoms with E-state index in [9.17, 15) is 4.79 Å². The van der Waals surface area contributed by atoms with Crippen LogP contribution in [0.15, 0.2) is 36.5 Å². The number of nitrogens with one attached hydrogen (secondary N) is 1. The van der Waals surface area contributed by atoms with Crippen molar-refractivity contribution in [3.05, 3.63) is 53.7 Å². The topological polar surface area (TPSA) is 92.7 Å². The summed E-state index contributed by atoms with van der Waals surface area (Å²) in [6, 6.07) is 8.27. The van der Waals surface area contributed by atoms with E-state index in [4.69, 9.17) is 14.5 Å². The van der Waals surface area contributed by atoms with Crippen LogP contribution >= 0.6 is 0 Å². The van der Waals surface area contributed by atoms with E-state index in [2.05, 4.69) is 20.2 Å². The number of fused-ring (bicyclic) bond motifs is 3. The fourth-order valence-electron chi connectivity index (χ4n) is 8.19. The molecule has 4 aromatic rings. The smallest absolute Gasteiger partial charge is 0.319 e. The molecule has 2 aromatic heterocycles. The molecule has 1 N–H and O–H groups in total. The zero-order valence-electron chi connectivity index (χ0n) is 27.4. The van der Waals surface area contributed by atoms with E-state index >= 15 is 13.2 Å². The maximum atomic E-state index is 17.0. The lowest BCUT2D eigenvalue weighted by atomic mass is 9.90. The molecular formula is C36H41F3N6O3. The van der Waals surface area contributed by atoms with Crippen LogP contribution < -0.4 is 15.0 Å². The van der Waals surface area contributed by atoms with E-state index in [1.54, 1.807) is 37.1 Å². The van der Waals surface area contributed by atoms with Gasteiger partial charge in [0.2, 0.25) is 6.41 Å². The first-order chi connectivity index (χ1) is 23.2. The van der Waals surface area contributed by atoms with E-state index < -0.39 is 23.3 Å². The van der Waals surface area contributed by atoms with Gasteiger partial charge in [-0.05, 0) is 81.6 Å². The Morgan fingerprint density at radius 1 is 1.10 bits per heavy atom. The zero-order chi connectivity index (χ0) is 33.5. The summed E-state index contributed by atoms with van der Waals surface area (Å²) in [7, 11) is 1.63. The first-order valence-corrected chi connectivity index (χ1v) is 16.8. The van der Waals surface area contributed by atoms with Crippen LogP contribution in [0.4, 0.5) is 19.0 Å². The highest BCUT2D eigenvalue weighted by atomic mass is 19.1. The number of rotatable bonds is 11. The maximum Gasteiger partial charge on any atom is 0.319 e. The minimum Gasteiger partial charge on any atom is -0.461 e. The fourth-order valence-corrected chi connectivity index (χ4v) is 8.19. The second-order valence-electron chi connectivity index (χ2n) is 13.8. The van der Waals surface area contributed by atoms with E-state index in [0.717, 1.165) is 44.3 Å². The van der Waals surface area contributed by atoms with Gasteiger partial charge in [-0.25, -0.2) is 13.2 Å². The second-order valence-corrected chi connectivity index (χ2v) is 13.8. The average Bonchev–Trinajstić information content (AvgIpc) is 3.65. The highest BCUT2D eigenvalue weighted by Gasteiger charge is 2.45. The van der Waals surface area contributed by atoms with Gasteiger partial charge in [0, 0.05) is 43.8 Å². The molecule has 2 unspecified atom stereocenters. The molecule has 9 nitrogen and oxygen atoms in total. The van der Waals surface area contributed by atoms with Crippen LogP contribution in [0, 0.1) is 11.6 Å². The minimum absolute atomic E-state index is 0.00285. The van der Waals surface area contributed by atoms with Crippen molar-refractivity contribution in [2.75, 3.05) is 51.4 Å². The number of hydrogen-bond acceptors (Lipinski definition) is 8. The minimum atomic E-state index is -1.27. The predicted molar refractivity (Wildman–Crippen MR) is 178 cm³/mol. The lowest BCUT2D eigenvalue weighted by Gasteiger charge is -2.42. The molecule has 3 saturated heterocycles. The monoisotopic (exact) mass is 662 g/mol. The van der Waals surface area contributed by atoms with Gasteiger partial charge >= 0.3 is 6.01 Å². The number of ether oxygens (including phenoxy) is 2. The summed E-state index contributed by atoms with van der Waals surface area (Å²) in [4.78, 5) is 29.5. The molecule has 3 aliphatic heterocycles. The van der Waals surface area contributed by atoms with Gasteiger partial charge in [-0.2, -0.15) is 9.97 Å². The van der Waals surface area contributed by atoms with Crippen LogP contribution in [0.3, 0.4) is 0 Å². The summed E-state index contributed by atoms with van der Waals surface area (Å²) in [6.07, 6.45) is 6.43. The van der Waals surface area contributed by atoms with Crippen molar-refractivity contribution in [1.82, 2.24) is 25.2 Å². The number of aromatic nitrogens is 3. The molecular weight excluding hydrogens is 621 g/mol. The second kappa shape index (κ2) is 13.1. The molecule has 48 heavy (non-hydrogen) atoms. The number of carbonyl (C=O) groups is 1. The molecule has 12 heteroatoms. The number of anilines is 1. The van der Waals surface area contributed by atoms with Gasteiger partial charge in [0.15, 0.2) is 5.82 Å². The summed E-state index contributed by atoms with van der Waals surface area (Å²) in [6.45, 7) is 4.94. The number of nitrogens with zero attached hydrogens (tertiary/aromatic N) is 5. The normalized spacial score (nSPS) is 22.4. The van der Waals surface area contributed by atoms with Gasteiger partial charge in [-0.15, -0.1) is 0 Å². The summed E-state index contributed by atoms with van der Waals surface area (Å²) in [5.41, 5.74) is 0.323. The molecule has 0 aliphatic carbocycles. The van der Waals surface area contributed by atoms with Crippen molar-refractivity contribution < 1.29 is 27.4 Å². The Balaban J connectivity index is 1.36. The molecule has 0 spiro atoms. The molecule has 0 saturated carbocycles. The number of hydrogen-bond donors (Lipinski definition) is 1. The maximum absolute atomic E-state index is 17.0. The van der Waals surface area contributed by atoms with Gasteiger partial charge in [-0.3, -0.25) is 14.7 Å². The molecule has 7 rings (SSSR count). The van der Waals surface area contributed by atoms with Gasteiger partial charge in [0.25, 0.3) is 0 Å². The lowest BCUT2D eigenvalue weighted by Crippen LogP contribution is -2.58. The summed E-state index contributed by atoms with van der Waals surface area (Å²) in [5, 5.41) is 4.00. The molecule has 3 aliphatic rings. The number of aryl methyl sites for hydroxylation is 1. The fraction of sp³-hybridized carbons (Fsp3) is 0.500. The number of alkyl halides is 1. The van der Waals surface area contributed by atoms with E-state index in [-0.39, 0.29) is 48.1 Å². The van der Waals surface area contributed by atoms with Gasteiger partial charge in [-0.1, -0.05) is 18.2 Å². The van der Waals surface area contributed by atoms with E-state index in [1.807, 2.05) is 6.07 Å². The zero-order valence-corrected chi connectivity index (χ0v) is 27.4. The molecule has 5 heterocycles. The Hall–Kier alpha value is -4.03. The van der Waals surface area contributed by atoms with Gasteiger partial charge in [0.1, 0.15) is 35.6 Å². The molecule has 0 radical (unpaired) electrons. The number of piperidine rings is 1. The van der Waals surface area contributed by atoms with Gasteiger partial charge < -0.3 is 19.7 Å². The van der Waals surface area contributed by atoms with E-state index in [0.29, 0.717) is 54.2 Å². The van der Waals surface area contributed by atoms with Crippen LogP contribution in [-0.2, 0) is 16.0 Å². The Morgan fingerprint density at radius 3 is 2.69 bits per heavy atom. The molecule has 2 aromatic carbocycles. The van der Waals surface area contributed by atoms with Crippen LogP contribution in [0.25, 0.3) is 32.9 Å². The predicted octanol–water partition coefficient (Wildman–Crippen LogP) is 5.76. The summed E-state index contributed by atoms with van der Waals surface area (Å²) >= 11 is 0. The van der Waals surface area contributed by atoms with Crippen molar-refractivity contribution in [2.24, 2.45) is 0 Å². The van der Waals surface area contributed by atoms with Crippen molar-refractivity contribution >= 4 is 33.9 Å². The van der Waals surface area contributed by atoms with Crippen molar-refractivity contribution in [2.45, 2.75) is 69.1 Å². The number of halogens is 3. The molecule has 1 amide bonds. The third-order valence-corrected chi connectivity index (χ3v) is 10.4. The number of pyridine rings is 1. The standard InChI is InChI=1S/C36H41F3N6O3/c1-35(41-22-46)17-24(37)19-44(20-35)33-27-18-40-31(26-10-11-28(38)25-9-3-7-23(29(25)26)8-4-16-47-2)30(39)32(27)42-34(43-33)48-21-36-12-5-14-45(36)15-6-13-36/h3,7,9-11,18,22,24H,4-6,8,12-17,19-21H2,1-2H3,(H,41,46). The Bertz CT molecular complexity index is 1830. The SMILES string of the molecule is COCCCc1cccc2c(F)ccc(-c3ncc4c(N5CC(F)CC(C)(NC=O)C5)nc(OCC56CCCN5CCC6)nc4c3F)c12. The van der Waals surface area contributed by atoms with Crippen LogP contribution in [0.1, 0.15) is 51.0 Å². The summed E-state index contributed by atoms with van der Waals surface area (Å²) < 4.78 is 58.9. The average molecular weight is 663 g/mol. The molecule has 0 bridgehead atoms. The Labute approximate surface area is 277 Å². The molecule has 2 atom stereocenters. The number of benzene rings is 2. The highest BCUT2D eigenvalue weighted by molar-refractivity contribution is 6.01. The van der Waals surface area contributed by atoms with Crippen LogP contribution in [0.5, 0.6) is 6.01 Å². The first kappa shape index (κ1) is 32.5. The van der Waals surface area contributed by atoms with Gasteiger partial charge in [0.05, 0.1) is 23.0 Å². The van der Waals surface area contributed by atoms with Crippen molar-refractivity contribution in [3.8, 4) is 17.3 Å². The van der Waals surface area contributed by atoms with E-state index in [1.165, 1.54) is 12.3 Å². The van der Waals surface area contributed by atoms with Crippen LogP contribution in [0.2, 0.25) is 0 Å². The van der Waals surface area contributed by atoms with Crippen molar-refractivity contribution in [3.63, 3.8) is 0 Å². The highest BCUT2D eigenvalue weighted by Crippen LogP contribution is 2.41. The number of amides is 1. The molecule has 254 valence electrons. The lowest BCUT2D eigenvalue weighted by molar-refractivity contribution is -0.111. The molecule has 3 fully saturated rings. The first-order valence-electron chi connectivity index (χ1n) is 16.8. The summed E-state index contributed by atoms with van der Waals surface area (Å²) in [5.74, 6) is -0.829. The Morgan fingerprint density at radius 2 is 1.92 bits per heavy atom.